The zero-order chi connectivity index (χ0) is 16.4. The molecule has 23 heavy (non-hydrogen) atoms. The average Bonchev–Trinajstić information content (AvgIpc) is 2.90. The minimum atomic E-state index is -3.51. The molecule has 1 aliphatic heterocycles. The van der Waals surface area contributed by atoms with E-state index in [1.54, 1.807) is 16.4 Å². The normalized spacial score (nSPS) is 18.9. The van der Waals surface area contributed by atoms with Gasteiger partial charge in [0.25, 0.3) is 0 Å². The molecule has 0 aromatic heterocycles. The van der Waals surface area contributed by atoms with Crippen molar-refractivity contribution in [3.8, 4) is 0 Å². The summed E-state index contributed by atoms with van der Waals surface area (Å²) in [5.74, 6) is 0. The highest BCUT2D eigenvalue weighted by Gasteiger charge is 2.36. The maximum atomic E-state index is 13.0. The van der Waals surface area contributed by atoms with Crippen molar-refractivity contribution in [1.29, 1.82) is 0 Å². The highest BCUT2D eigenvalue weighted by atomic mass is 79.9. The highest BCUT2D eigenvalue weighted by molar-refractivity contribution is 9.11. The Morgan fingerprint density at radius 1 is 1.09 bits per heavy atom. The van der Waals surface area contributed by atoms with Gasteiger partial charge in [-0.05, 0) is 31.0 Å². The molecule has 120 valence electrons. The van der Waals surface area contributed by atoms with Gasteiger partial charge in [-0.1, -0.05) is 70.0 Å². The van der Waals surface area contributed by atoms with Gasteiger partial charge in [-0.2, -0.15) is 4.31 Å². The number of hydrogen-bond acceptors (Lipinski definition) is 2. The lowest BCUT2D eigenvalue weighted by atomic mass is 10.1. The van der Waals surface area contributed by atoms with Crippen LogP contribution in [0.4, 0.5) is 0 Å². The molecule has 0 spiro atoms. The van der Waals surface area contributed by atoms with Gasteiger partial charge in [0.15, 0.2) is 0 Å². The van der Waals surface area contributed by atoms with E-state index in [0.717, 1.165) is 15.6 Å². The first-order valence-corrected chi connectivity index (χ1v) is 9.70. The van der Waals surface area contributed by atoms with Gasteiger partial charge < -0.3 is 0 Å². The smallest absolute Gasteiger partial charge is 0.207 e. The van der Waals surface area contributed by atoms with Crippen molar-refractivity contribution in [3.05, 3.63) is 76.3 Å². The summed E-state index contributed by atoms with van der Waals surface area (Å²) in [6, 6.07) is 16.8. The molecule has 5 heteroatoms. The Kier molecular flexibility index (Phi) is 4.71. The number of hydrogen-bond donors (Lipinski definition) is 0. The van der Waals surface area contributed by atoms with Crippen LogP contribution in [0.2, 0.25) is 0 Å². The van der Waals surface area contributed by atoms with Crippen molar-refractivity contribution in [1.82, 2.24) is 4.31 Å². The molecule has 0 saturated carbocycles. The fraction of sp³-hybridized carbons (Fsp3) is 0.222. The molecular weight excluding hydrogens is 374 g/mol. The van der Waals surface area contributed by atoms with Crippen LogP contribution >= 0.6 is 15.9 Å². The van der Waals surface area contributed by atoms with E-state index in [-0.39, 0.29) is 6.04 Å². The summed E-state index contributed by atoms with van der Waals surface area (Å²) < 4.78 is 28.4. The van der Waals surface area contributed by atoms with Gasteiger partial charge in [-0.25, -0.2) is 8.42 Å². The van der Waals surface area contributed by atoms with E-state index in [0.29, 0.717) is 17.9 Å². The van der Waals surface area contributed by atoms with Gasteiger partial charge in [0, 0.05) is 11.0 Å². The molecule has 1 aliphatic rings. The molecule has 1 heterocycles. The second-order valence-electron chi connectivity index (χ2n) is 5.68. The minimum Gasteiger partial charge on any atom is -0.207 e. The van der Waals surface area contributed by atoms with Crippen molar-refractivity contribution < 1.29 is 8.42 Å². The zero-order valence-corrected chi connectivity index (χ0v) is 15.2. The van der Waals surface area contributed by atoms with Crippen LogP contribution in [-0.4, -0.2) is 25.3 Å². The van der Waals surface area contributed by atoms with E-state index in [1.807, 2.05) is 55.5 Å². The average molecular weight is 392 g/mol. The Morgan fingerprint density at radius 2 is 1.74 bits per heavy atom. The van der Waals surface area contributed by atoms with Crippen LogP contribution in [0.25, 0.3) is 0 Å². The van der Waals surface area contributed by atoms with Crippen LogP contribution in [-0.2, 0) is 16.4 Å². The first kappa shape index (κ1) is 16.4. The van der Waals surface area contributed by atoms with Crippen LogP contribution in [0.15, 0.2) is 70.1 Å². The molecule has 3 rings (SSSR count). The number of aryl methyl sites for hydroxylation is 1. The first-order chi connectivity index (χ1) is 11.0. The largest absolute Gasteiger partial charge is 0.243 e. The Balaban J connectivity index is 1.90. The molecule has 0 radical (unpaired) electrons. The Labute approximate surface area is 145 Å². The van der Waals surface area contributed by atoms with Crippen molar-refractivity contribution in [2.45, 2.75) is 24.3 Å². The number of nitrogens with zero attached hydrogens (tertiary/aromatic N) is 1. The van der Waals surface area contributed by atoms with Crippen molar-refractivity contribution in [2.75, 3.05) is 6.54 Å². The van der Waals surface area contributed by atoms with Crippen LogP contribution in [0.5, 0.6) is 0 Å². The summed E-state index contributed by atoms with van der Waals surface area (Å²) in [4.78, 5) is 0.344. The molecule has 1 atom stereocenters. The Bertz CT molecular complexity index is 814. The number of benzene rings is 2. The predicted molar refractivity (Wildman–Crippen MR) is 96.0 cm³/mol. The van der Waals surface area contributed by atoms with Gasteiger partial charge in [-0.3, -0.25) is 0 Å². The fourth-order valence-electron chi connectivity index (χ4n) is 2.73. The summed E-state index contributed by atoms with van der Waals surface area (Å²) in [6.07, 6.45) is 2.59. The standard InChI is InChI=1S/C18H18BrNO2S/c1-14-7-9-16(10-8-14)23(21,22)20-12-11-17(19)18(20)13-15-5-3-2-4-6-15/h2-11,18H,12-13H2,1H3/t18-/m0/s1. The van der Waals surface area contributed by atoms with E-state index in [2.05, 4.69) is 15.9 Å². The molecule has 0 aliphatic carbocycles. The van der Waals surface area contributed by atoms with E-state index < -0.39 is 10.0 Å². The SMILES string of the molecule is Cc1ccc(S(=O)(=O)N2CC=C(Br)[C@@H]2Cc2ccccc2)cc1. The summed E-state index contributed by atoms with van der Waals surface area (Å²) in [7, 11) is -3.51. The van der Waals surface area contributed by atoms with Crippen molar-refractivity contribution in [2.24, 2.45) is 0 Å². The van der Waals surface area contributed by atoms with Crippen LogP contribution in [0.1, 0.15) is 11.1 Å². The van der Waals surface area contributed by atoms with E-state index in [9.17, 15) is 8.42 Å². The van der Waals surface area contributed by atoms with Gasteiger partial charge in [0.1, 0.15) is 0 Å². The second kappa shape index (κ2) is 6.59. The summed E-state index contributed by atoms with van der Waals surface area (Å²) in [5, 5.41) is 0. The molecule has 3 nitrogen and oxygen atoms in total. The molecule has 2 aromatic rings. The lowest BCUT2D eigenvalue weighted by Gasteiger charge is -2.25. The highest BCUT2D eigenvalue weighted by Crippen LogP contribution is 2.31. The van der Waals surface area contributed by atoms with E-state index in [1.165, 1.54) is 0 Å². The molecule has 2 aromatic carbocycles. The molecular formula is C18H18BrNO2S. The molecule has 0 unspecified atom stereocenters. The topological polar surface area (TPSA) is 37.4 Å². The molecule has 0 N–H and O–H groups in total. The number of halogens is 1. The quantitative estimate of drug-likeness (QED) is 0.792. The number of sulfonamides is 1. The maximum absolute atomic E-state index is 13.0. The van der Waals surface area contributed by atoms with E-state index >= 15 is 0 Å². The number of rotatable bonds is 4. The van der Waals surface area contributed by atoms with Gasteiger partial charge in [0.05, 0.1) is 10.9 Å². The lowest BCUT2D eigenvalue weighted by Crippen LogP contribution is -2.38. The molecule has 0 bridgehead atoms. The van der Waals surface area contributed by atoms with Crippen LogP contribution < -0.4 is 0 Å². The summed E-state index contributed by atoms with van der Waals surface area (Å²) >= 11 is 3.53. The summed E-state index contributed by atoms with van der Waals surface area (Å²) in [6.45, 7) is 2.34. The maximum Gasteiger partial charge on any atom is 0.243 e. The Morgan fingerprint density at radius 3 is 2.39 bits per heavy atom. The van der Waals surface area contributed by atoms with Crippen LogP contribution in [0.3, 0.4) is 0 Å². The van der Waals surface area contributed by atoms with E-state index in [4.69, 9.17) is 0 Å². The van der Waals surface area contributed by atoms with Crippen molar-refractivity contribution in [3.63, 3.8) is 0 Å². The second-order valence-corrected chi connectivity index (χ2v) is 8.49. The van der Waals surface area contributed by atoms with Gasteiger partial charge >= 0.3 is 0 Å². The van der Waals surface area contributed by atoms with Crippen LogP contribution in [0, 0.1) is 6.92 Å². The zero-order valence-electron chi connectivity index (χ0n) is 12.8. The third-order valence-electron chi connectivity index (χ3n) is 4.03. The molecule has 0 amide bonds. The predicted octanol–water partition coefficient (Wildman–Crippen LogP) is 3.89. The van der Waals surface area contributed by atoms with Gasteiger partial charge in [-0.15, -0.1) is 0 Å². The molecule has 0 saturated heterocycles. The fourth-order valence-corrected chi connectivity index (χ4v) is 4.96. The summed E-state index contributed by atoms with van der Waals surface area (Å²) in [5.41, 5.74) is 2.17. The first-order valence-electron chi connectivity index (χ1n) is 7.46. The third-order valence-corrected chi connectivity index (χ3v) is 6.77. The third kappa shape index (κ3) is 3.42. The lowest BCUT2D eigenvalue weighted by molar-refractivity contribution is 0.406. The minimum absolute atomic E-state index is 0.191. The monoisotopic (exact) mass is 391 g/mol. The molecule has 0 fully saturated rings. The van der Waals surface area contributed by atoms with Gasteiger partial charge in [0.2, 0.25) is 10.0 Å². The Hall–Kier alpha value is -1.43. The van der Waals surface area contributed by atoms with Crippen molar-refractivity contribution >= 4 is 26.0 Å².